The van der Waals surface area contributed by atoms with Gasteiger partial charge in [0.25, 0.3) is 0 Å². The molecule has 1 amide bonds. The van der Waals surface area contributed by atoms with Crippen molar-refractivity contribution >= 4 is 5.91 Å². The molecule has 1 rings (SSSR count). The van der Waals surface area contributed by atoms with Crippen molar-refractivity contribution in [3.05, 3.63) is 0 Å². The molecule has 4 atom stereocenters. The number of nitrogens with two attached hydrogens (primary N) is 1. The van der Waals surface area contributed by atoms with Crippen molar-refractivity contribution in [3.8, 4) is 0 Å². The lowest BCUT2D eigenvalue weighted by molar-refractivity contribution is -0.127. The van der Waals surface area contributed by atoms with Gasteiger partial charge in [0.1, 0.15) is 0 Å². The van der Waals surface area contributed by atoms with Gasteiger partial charge in [-0.15, -0.1) is 0 Å². The van der Waals surface area contributed by atoms with Gasteiger partial charge in [-0.1, -0.05) is 34.1 Å². The lowest BCUT2D eigenvalue weighted by atomic mass is 9.78. The molecule has 1 aliphatic carbocycles. The van der Waals surface area contributed by atoms with Crippen molar-refractivity contribution in [2.75, 3.05) is 0 Å². The second kappa shape index (κ2) is 6.05. The summed E-state index contributed by atoms with van der Waals surface area (Å²) in [6.45, 7) is 10.6. The molecule has 3 nitrogen and oxygen atoms in total. The number of hydrogen-bond donors (Lipinski definition) is 2. The van der Waals surface area contributed by atoms with Crippen LogP contribution < -0.4 is 11.1 Å². The first-order chi connectivity index (χ1) is 8.21. The van der Waals surface area contributed by atoms with E-state index in [9.17, 15) is 4.79 Å². The maximum absolute atomic E-state index is 12.3. The van der Waals surface area contributed by atoms with Crippen LogP contribution in [0.25, 0.3) is 0 Å². The van der Waals surface area contributed by atoms with E-state index < -0.39 is 0 Å². The van der Waals surface area contributed by atoms with Gasteiger partial charge in [0, 0.05) is 18.0 Å². The second-order valence-electron chi connectivity index (χ2n) is 7.07. The highest BCUT2D eigenvalue weighted by atomic mass is 16.1. The van der Waals surface area contributed by atoms with Gasteiger partial charge in [0.2, 0.25) is 5.91 Å². The van der Waals surface area contributed by atoms with Crippen LogP contribution in [0, 0.1) is 17.3 Å². The van der Waals surface area contributed by atoms with Gasteiger partial charge in [0.15, 0.2) is 0 Å². The SMILES string of the molecule is CC(C(=O)NC(C)C(C)(C)C)C1CCCC(N)C1. The van der Waals surface area contributed by atoms with Crippen molar-refractivity contribution in [2.24, 2.45) is 23.0 Å². The van der Waals surface area contributed by atoms with Crippen molar-refractivity contribution in [3.63, 3.8) is 0 Å². The Morgan fingerprint density at radius 1 is 1.28 bits per heavy atom. The summed E-state index contributed by atoms with van der Waals surface area (Å²) >= 11 is 0. The maximum atomic E-state index is 12.3. The molecule has 0 bridgehead atoms. The van der Waals surface area contributed by atoms with Crippen LogP contribution >= 0.6 is 0 Å². The molecule has 4 unspecified atom stereocenters. The summed E-state index contributed by atoms with van der Waals surface area (Å²) in [6.07, 6.45) is 4.42. The maximum Gasteiger partial charge on any atom is 0.223 e. The summed E-state index contributed by atoms with van der Waals surface area (Å²) in [5.41, 5.74) is 6.11. The first-order valence-electron chi connectivity index (χ1n) is 7.27. The average Bonchev–Trinajstić information content (AvgIpc) is 2.26. The summed E-state index contributed by atoms with van der Waals surface area (Å²) < 4.78 is 0. The van der Waals surface area contributed by atoms with Gasteiger partial charge in [-0.3, -0.25) is 4.79 Å². The predicted octanol–water partition coefficient (Wildman–Crippen LogP) is 2.69. The molecule has 0 radical (unpaired) electrons. The molecule has 1 fully saturated rings. The zero-order valence-corrected chi connectivity index (χ0v) is 12.6. The van der Waals surface area contributed by atoms with E-state index in [2.05, 4.69) is 33.0 Å². The lowest BCUT2D eigenvalue weighted by Gasteiger charge is -2.33. The second-order valence-corrected chi connectivity index (χ2v) is 7.07. The molecular weight excluding hydrogens is 224 g/mol. The van der Waals surface area contributed by atoms with Crippen molar-refractivity contribution < 1.29 is 4.79 Å². The van der Waals surface area contributed by atoms with Crippen LogP contribution in [0.2, 0.25) is 0 Å². The number of amides is 1. The molecular formula is C15H30N2O. The molecule has 106 valence electrons. The Labute approximate surface area is 112 Å². The minimum atomic E-state index is 0.0844. The van der Waals surface area contributed by atoms with Crippen molar-refractivity contribution in [1.29, 1.82) is 0 Å². The Kier molecular flexibility index (Phi) is 5.20. The van der Waals surface area contributed by atoms with Crippen LogP contribution in [-0.4, -0.2) is 18.0 Å². The number of rotatable bonds is 3. The minimum Gasteiger partial charge on any atom is -0.353 e. The number of carbonyl (C=O) groups excluding carboxylic acids is 1. The average molecular weight is 254 g/mol. The van der Waals surface area contributed by atoms with Gasteiger partial charge >= 0.3 is 0 Å². The van der Waals surface area contributed by atoms with E-state index in [1.165, 1.54) is 0 Å². The Bertz CT molecular complexity index is 283. The Balaban J connectivity index is 2.50. The number of carbonyl (C=O) groups is 1. The number of hydrogen-bond acceptors (Lipinski definition) is 2. The first-order valence-corrected chi connectivity index (χ1v) is 7.27. The topological polar surface area (TPSA) is 55.1 Å². The molecule has 0 heterocycles. The largest absolute Gasteiger partial charge is 0.353 e. The molecule has 0 spiro atoms. The molecule has 3 N–H and O–H groups in total. The van der Waals surface area contributed by atoms with Crippen LogP contribution in [0.15, 0.2) is 0 Å². The smallest absolute Gasteiger partial charge is 0.223 e. The molecule has 18 heavy (non-hydrogen) atoms. The summed E-state index contributed by atoms with van der Waals surface area (Å²) in [5.74, 6) is 0.735. The standard InChI is InChI=1S/C15H30N2O/c1-10(12-7-6-8-13(16)9-12)14(18)17-11(2)15(3,4)5/h10-13H,6-9,16H2,1-5H3,(H,17,18). The summed E-state index contributed by atoms with van der Waals surface area (Å²) in [7, 11) is 0. The monoisotopic (exact) mass is 254 g/mol. The normalized spacial score (nSPS) is 28.6. The zero-order chi connectivity index (χ0) is 13.9. The molecule has 0 saturated heterocycles. The highest BCUT2D eigenvalue weighted by Crippen LogP contribution is 2.30. The van der Waals surface area contributed by atoms with E-state index in [-0.39, 0.29) is 23.3 Å². The Morgan fingerprint density at radius 2 is 1.89 bits per heavy atom. The zero-order valence-electron chi connectivity index (χ0n) is 12.6. The molecule has 0 aromatic carbocycles. The van der Waals surface area contributed by atoms with Crippen LogP contribution in [-0.2, 0) is 4.79 Å². The molecule has 1 saturated carbocycles. The fraction of sp³-hybridized carbons (Fsp3) is 0.933. The van der Waals surface area contributed by atoms with E-state index in [1.54, 1.807) is 0 Å². The van der Waals surface area contributed by atoms with Crippen LogP contribution in [0.1, 0.15) is 60.3 Å². The third kappa shape index (κ3) is 4.27. The third-order valence-electron chi connectivity index (χ3n) is 4.53. The van der Waals surface area contributed by atoms with E-state index in [4.69, 9.17) is 5.73 Å². The quantitative estimate of drug-likeness (QED) is 0.813. The van der Waals surface area contributed by atoms with Gasteiger partial charge in [-0.2, -0.15) is 0 Å². The Morgan fingerprint density at radius 3 is 2.39 bits per heavy atom. The minimum absolute atomic E-state index is 0.0844. The van der Waals surface area contributed by atoms with Gasteiger partial charge in [0.05, 0.1) is 0 Å². The molecule has 0 aromatic heterocycles. The summed E-state index contributed by atoms with van der Waals surface area (Å²) in [4.78, 5) is 12.3. The third-order valence-corrected chi connectivity index (χ3v) is 4.53. The van der Waals surface area contributed by atoms with Crippen LogP contribution in [0.4, 0.5) is 0 Å². The fourth-order valence-corrected chi connectivity index (χ4v) is 2.50. The van der Waals surface area contributed by atoms with Gasteiger partial charge in [-0.05, 0) is 37.5 Å². The first kappa shape index (κ1) is 15.5. The molecule has 0 aliphatic heterocycles. The van der Waals surface area contributed by atoms with E-state index in [0.29, 0.717) is 12.0 Å². The van der Waals surface area contributed by atoms with E-state index in [1.807, 2.05) is 6.92 Å². The summed E-state index contributed by atoms with van der Waals surface area (Å²) in [6, 6.07) is 0.490. The molecule has 3 heteroatoms. The van der Waals surface area contributed by atoms with Crippen LogP contribution in [0.5, 0.6) is 0 Å². The van der Waals surface area contributed by atoms with Crippen molar-refractivity contribution in [2.45, 2.75) is 72.4 Å². The molecule has 1 aliphatic rings. The van der Waals surface area contributed by atoms with Gasteiger partial charge < -0.3 is 11.1 Å². The van der Waals surface area contributed by atoms with E-state index >= 15 is 0 Å². The summed E-state index contributed by atoms with van der Waals surface area (Å²) in [5, 5.41) is 3.15. The lowest BCUT2D eigenvalue weighted by Crippen LogP contribution is -2.46. The van der Waals surface area contributed by atoms with Crippen molar-refractivity contribution in [1.82, 2.24) is 5.32 Å². The highest BCUT2D eigenvalue weighted by molar-refractivity contribution is 5.78. The highest BCUT2D eigenvalue weighted by Gasteiger charge is 2.30. The van der Waals surface area contributed by atoms with E-state index in [0.717, 1.165) is 25.7 Å². The fourth-order valence-electron chi connectivity index (χ4n) is 2.50. The molecule has 0 aromatic rings. The predicted molar refractivity (Wildman–Crippen MR) is 76.2 cm³/mol. The van der Waals surface area contributed by atoms with Gasteiger partial charge in [-0.25, -0.2) is 0 Å². The Hall–Kier alpha value is -0.570. The number of nitrogens with one attached hydrogen (secondary N) is 1. The van der Waals surface area contributed by atoms with Crippen LogP contribution in [0.3, 0.4) is 0 Å².